The summed E-state index contributed by atoms with van der Waals surface area (Å²) in [4.78, 5) is 10.3. The summed E-state index contributed by atoms with van der Waals surface area (Å²) < 4.78 is 34.1. The molecule has 0 bridgehead atoms. The maximum absolute atomic E-state index is 11.4. The van der Waals surface area contributed by atoms with Crippen molar-refractivity contribution in [2.45, 2.75) is 19.2 Å². The fourth-order valence-corrected chi connectivity index (χ4v) is 0.335. The summed E-state index contributed by atoms with van der Waals surface area (Å²) >= 11 is 0. The van der Waals surface area contributed by atoms with E-state index in [4.69, 9.17) is 5.11 Å². The fraction of sp³-hybridized carbons (Fsp3) is 0.800. The standard InChI is InChI=1S/C5H8F3NO2/c1-3(10)4(11)9-2-5(6,7)8/h3,10H,2H2,1H3,(H,9,11)/t3-/m1/s1. The SMILES string of the molecule is C[C@@H](O)C(=O)NCC(F)(F)F. The molecular weight excluding hydrogens is 163 g/mol. The number of amides is 1. The van der Waals surface area contributed by atoms with Gasteiger partial charge < -0.3 is 10.4 Å². The highest BCUT2D eigenvalue weighted by Crippen LogP contribution is 2.11. The van der Waals surface area contributed by atoms with Crippen LogP contribution in [0.25, 0.3) is 0 Å². The normalized spacial score (nSPS) is 14.3. The first-order valence-corrected chi connectivity index (χ1v) is 2.85. The fourth-order valence-electron chi connectivity index (χ4n) is 0.335. The molecule has 0 saturated carbocycles. The van der Waals surface area contributed by atoms with Gasteiger partial charge >= 0.3 is 6.18 Å². The number of aliphatic hydroxyl groups excluding tert-OH is 1. The van der Waals surface area contributed by atoms with E-state index in [0.717, 1.165) is 6.92 Å². The lowest BCUT2D eigenvalue weighted by molar-refractivity contribution is -0.142. The van der Waals surface area contributed by atoms with Crippen molar-refractivity contribution in [1.82, 2.24) is 5.32 Å². The third-order valence-electron chi connectivity index (χ3n) is 0.843. The summed E-state index contributed by atoms with van der Waals surface area (Å²) in [5, 5.41) is 9.95. The number of carbonyl (C=O) groups is 1. The lowest BCUT2D eigenvalue weighted by atomic mass is 10.4. The van der Waals surface area contributed by atoms with E-state index in [1.807, 2.05) is 0 Å². The monoisotopic (exact) mass is 171 g/mol. The zero-order chi connectivity index (χ0) is 9.07. The second-order valence-corrected chi connectivity index (χ2v) is 2.01. The predicted molar refractivity (Wildman–Crippen MR) is 30.7 cm³/mol. The Morgan fingerprint density at radius 3 is 2.36 bits per heavy atom. The van der Waals surface area contributed by atoms with Crippen LogP contribution in [0.3, 0.4) is 0 Å². The van der Waals surface area contributed by atoms with E-state index in [1.54, 1.807) is 0 Å². The topological polar surface area (TPSA) is 49.3 Å². The molecule has 0 aromatic carbocycles. The lowest BCUT2D eigenvalue weighted by Crippen LogP contribution is -2.38. The molecule has 0 aliphatic heterocycles. The molecule has 0 aromatic heterocycles. The van der Waals surface area contributed by atoms with Crippen molar-refractivity contribution in [3.63, 3.8) is 0 Å². The van der Waals surface area contributed by atoms with Crippen LogP contribution in [-0.2, 0) is 4.79 Å². The van der Waals surface area contributed by atoms with E-state index in [0.29, 0.717) is 0 Å². The molecule has 0 saturated heterocycles. The number of hydrogen-bond acceptors (Lipinski definition) is 2. The van der Waals surface area contributed by atoms with Gasteiger partial charge in [0.15, 0.2) is 0 Å². The van der Waals surface area contributed by atoms with Gasteiger partial charge in [0.25, 0.3) is 0 Å². The summed E-state index contributed by atoms with van der Waals surface area (Å²) in [5.74, 6) is -1.03. The molecule has 0 unspecified atom stereocenters. The quantitative estimate of drug-likeness (QED) is 0.616. The zero-order valence-corrected chi connectivity index (χ0v) is 5.77. The van der Waals surface area contributed by atoms with Gasteiger partial charge in [-0.2, -0.15) is 13.2 Å². The Morgan fingerprint density at radius 2 is 2.09 bits per heavy atom. The maximum atomic E-state index is 11.4. The predicted octanol–water partition coefficient (Wildman–Crippen LogP) is 0.0457. The second kappa shape index (κ2) is 3.56. The molecule has 1 amide bonds. The summed E-state index contributed by atoms with van der Waals surface area (Å²) in [6, 6.07) is 0. The van der Waals surface area contributed by atoms with Crippen molar-refractivity contribution in [1.29, 1.82) is 0 Å². The van der Waals surface area contributed by atoms with Gasteiger partial charge in [0.1, 0.15) is 12.6 Å². The molecule has 0 spiro atoms. The maximum Gasteiger partial charge on any atom is 0.405 e. The molecule has 11 heavy (non-hydrogen) atoms. The first-order valence-electron chi connectivity index (χ1n) is 2.85. The number of nitrogens with one attached hydrogen (secondary N) is 1. The zero-order valence-electron chi connectivity index (χ0n) is 5.77. The van der Waals surface area contributed by atoms with Gasteiger partial charge in [-0.25, -0.2) is 0 Å². The number of rotatable bonds is 2. The average Bonchev–Trinajstić information content (AvgIpc) is 1.80. The lowest BCUT2D eigenvalue weighted by Gasteiger charge is -2.08. The minimum Gasteiger partial charge on any atom is -0.384 e. The summed E-state index contributed by atoms with van der Waals surface area (Å²) in [5.41, 5.74) is 0. The summed E-state index contributed by atoms with van der Waals surface area (Å²) in [6.45, 7) is -0.317. The summed E-state index contributed by atoms with van der Waals surface area (Å²) in [7, 11) is 0. The molecule has 3 nitrogen and oxygen atoms in total. The number of carbonyl (C=O) groups excluding carboxylic acids is 1. The van der Waals surface area contributed by atoms with Crippen LogP contribution >= 0.6 is 0 Å². The Balaban J connectivity index is 3.64. The van der Waals surface area contributed by atoms with Crippen molar-refractivity contribution in [2.24, 2.45) is 0 Å². The van der Waals surface area contributed by atoms with Gasteiger partial charge in [0.05, 0.1) is 0 Å². The molecule has 0 aliphatic carbocycles. The van der Waals surface area contributed by atoms with E-state index in [1.165, 1.54) is 5.32 Å². The molecule has 66 valence electrons. The van der Waals surface area contributed by atoms with Gasteiger partial charge in [-0.05, 0) is 6.92 Å². The molecule has 6 heteroatoms. The van der Waals surface area contributed by atoms with Gasteiger partial charge in [-0.3, -0.25) is 4.79 Å². The van der Waals surface area contributed by atoms with Crippen molar-refractivity contribution in [2.75, 3.05) is 6.54 Å². The first-order chi connectivity index (χ1) is 4.83. The molecule has 0 heterocycles. The molecular formula is C5H8F3NO2. The molecule has 0 radical (unpaired) electrons. The van der Waals surface area contributed by atoms with Gasteiger partial charge in [0, 0.05) is 0 Å². The van der Waals surface area contributed by atoms with Crippen LogP contribution in [0, 0.1) is 0 Å². The first kappa shape index (κ1) is 10.2. The molecule has 1 atom stereocenters. The van der Waals surface area contributed by atoms with Crippen LogP contribution in [0.5, 0.6) is 0 Å². The van der Waals surface area contributed by atoms with Crippen LogP contribution in [0.1, 0.15) is 6.92 Å². The number of alkyl halides is 3. The number of halogens is 3. The Labute approximate surface area is 61.2 Å². The van der Waals surface area contributed by atoms with Gasteiger partial charge in [-0.15, -0.1) is 0 Å². The Hall–Kier alpha value is -0.780. The van der Waals surface area contributed by atoms with Crippen LogP contribution in [0.2, 0.25) is 0 Å². The highest BCUT2D eigenvalue weighted by molar-refractivity contribution is 5.79. The third kappa shape index (κ3) is 5.65. The van der Waals surface area contributed by atoms with Crippen LogP contribution in [0.15, 0.2) is 0 Å². The summed E-state index contributed by atoms with van der Waals surface area (Å²) in [6.07, 6.45) is -5.83. The van der Waals surface area contributed by atoms with E-state index in [-0.39, 0.29) is 0 Å². The molecule has 0 aliphatic rings. The second-order valence-electron chi connectivity index (χ2n) is 2.01. The number of hydrogen-bond donors (Lipinski definition) is 2. The Bertz CT molecular complexity index is 143. The third-order valence-corrected chi connectivity index (χ3v) is 0.843. The van der Waals surface area contributed by atoms with E-state index >= 15 is 0 Å². The smallest absolute Gasteiger partial charge is 0.384 e. The van der Waals surface area contributed by atoms with E-state index < -0.39 is 24.7 Å². The van der Waals surface area contributed by atoms with Crippen LogP contribution in [0.4, 0.5) is 13.2 Å². The molecule has 0 fully saturated rings. The average molecular weight is 171 g/mol. The van der Waals surface area contributed by atoms with E-state index in [2.05, 4.69) is 0 Å². The van der Waals surface area contributed by atoms with Gasteiger partial charge in [0.2, 0.25) is 5.91 Å². The minimum atomic E-state index is -4.43. The van der Waals surface area contributed by atoms with Crippen molar-refractivity contribution < 1.29 is 23.1 Å². The Kier molecular flexibility index (Phi) is 3.31. The highest BCUT2D eigenvalue weighted by atomic mass is 19.4. The largest absolute Gasteiger partial charge is 0.405 e. The van der Waals surface area contributed by atoms with Crippen molar-refractivity contribution >= 4 is 5.91 Å². The molecule has 0 aromatic rings. The minimum absolute atomic E-state index is 1.03. The van der Waals surface area contributed by atoms with Gasteiger partial charge in [-0.1, -0.05) is 0 Å². The van der Waals surface area contributed by atoms with Crippen LogP contribution in [-0.4, -0.2) is 29.8 Å². The van der Waals surface area contributed by atoms with Crippen molar-refractivity contribution in [3.8, 4) is 0 Å². The van der Waals surface area contributed by atoms with Crippen LogP contribution < -0.4 is 5.32 Å². The molecule has 2 N–H and O–H groups in total. The highest BCUT2D eigenvalue weighted by Gasteiger charge is 2.28. The number of aliphatic hydroxyl groups is 1. The molecule has 0 rings (SSSR count). The van der Waals surface area contributed by atoms with Crippen molar-refractivity contribution in [3.05, 3.63) is 0 Å². The van der Waals surface area contributed by atoms with E-state index in [9.17, 15) is 18.0 Å². The Morgan fingerprint density at radius 1 is 1.64 bits per heavy atom.